The number of aliphatic hydroxyl groups excluding tert-OH is 1. The van der Waals surface area contributed by atoms with Gasteiger partial charge in [-0.05, 0) is 43.9 Å². The van der Waals surface area contributed by atoms with Crippen molar-refractivity contribution < 1.29 is 19.7 Å². The number of carbonyl (C=O) groups is 1. The Morgan fingerprint density at radius 1 is 1.52 bits per heavy atom. The van der Waals surface area contributed by atoms with Gasteiger partial charge in [-0.2, -0.15) is 0 Å². The smallest absolute Gasteiger partial charge is 0.373 e. The van der Waals surface area contributed by atoms with E-state index >= 15 is 0 Å². The lowest BCUT2D eigenvalue weighted by Crippen LogP contribution is -2.31. The van der Waals surface area contributed by atoms with Gasteiger partial charge in [-0.1, -0.05) is 12.1 Å². The Labute approximate surface area is 125 Å². The topological polar surface area (TPSA) is 105 Å². The Kier molecular flexibility index (Phi) is 7.82. The Hall–Kier alpha value is -1.57. The maximum atomic E-state index is 10.6. The third kappa shape index (κ3) is 7.70. The number of benzene rings is 1. The van der Waals surface area contributed by atoms with Crippen molar-refractivity contribution in [3.05, 3.63) is 29.8 Å². The standard InChI is InChI=1S/C14H23BN2O4/c1-15(20)17-8-7-13(18)11-4-2-5-12(10-11)21-9-3-6-14(16)19/h2,4-5,10,13,17-18,20H,3,6-9H2,1H3,(H2,16,19). The molecular weight excluding hydrogens is 271 g/mol. The number of primary amides is 1. The zero-order valence-electron chi connectivity index (χ0n) is 12.3. The average Bonchev–Trinajstić information content (AvgIpc) is 2.43. The highest BCUT2D eigenvalue weighted by Gasteiger charge is 2.10. The summed E-state index contributed by atoms with van der Waals surface area (Å²) in [5.41, 5.74) is 5.81. The van der Waals surface area contributed by atoms with Crippen molar-refractivity contribution in [3.8, 4) is 5.75 Å². The molecular formula is C14H23BN2O4. The maximum absolute atomic E-state index is 10.6. The Morgan fingerprint density at radius 2 is 2.29 bits per heavy atom. The Bertz CT molecular complexity index is 443. The molecule has 1 atom stereocenters. The van der Waals surface area contributed by atoms with Crippen molar-refractivity contribution in [1.82, 2.24) is 5.23 Å². The first-order valence-electron chi connectivity index (χ1n) is 7.09. The molecule has 0 heterocycles. The molecule has 0 radical (unpaired) electrons. The molecule has 0 aromatic heterocycles. The molecule has 0 saturated carbocycles. The number of carbonyl (C=O) groups excluding carboxylic acids is 1. The minimum absolute atomic E-state index is 0.299. The zero-order chi connectivity index (χ0) is 15.7. The van der Waals surface area contributed by atoms with Gasteiger partial charge in [-0.3, -0.25) is 4.79 Å². The number of nitrogens with one attached hydrogen (secondary N) is 1. The highest BCUT2D eigenvalue weighted by Crippen LogP contribution is 2.21. The summed E-state index contributed by atoms with van der Waals surface area (Å²) in [7, 11) is -0.586. The van der Waals surface area contributed by atoms with E-state index in [4.69, 9.17) is 15.5 Å². The fourth-order valence-electron chi connectivity index (χ4n) is 1.84. The number of nitrogens with two attached hydrogens (primary N) is 1. The van der Waals surface area contributed by atoms with Crippen LogP contribution in [0.1, 0.15) is 30.9 Å². The summed E-state index contributed by atoms with van der Waals surface area (Å²) in [6.07, 6.45) is 0.745. The number of rotatable bonds is 10. The van der Waals surface area contributed by atoms with Gasteiger partial charge in [-0.25, -0.2) is 0 Å². The lowest BCUT2D eigenvalue weighted by molar-refractivity contribution is -0.118. The Balaban J connectivity index is 2.41. The van der Waals surface area contributed by atoms with Gasteiger partial charge in [-0.15, -0.1) is 0 Å². The summed E-state index contributed by atoms with van der Waals surface area (Å²) < 4.78 is 5.52. The van der Waals surface area contributed by atoms with Gasteiger partial charge in [0.2, 0.25) is 5.91 Å². The molecule has 1 amide bonds. The summed E-state index contributed by atoms with van der Waals surface area (Å²) in [5.74, 6) is 0.313. The van der Waals surface area contributed by atoms with Crippen molar-refractivity contribution in [3.63, 3.8) is 0 Å². The molecule has 7 heteroatoms. The van der Waals surface area contributed by atoms with E-state index in [1.807, 2.05) is 12.1 Å². The Morgan fingerprint density at radius 3 is 2.95 bits per heavy atom. The fraction of sp³-hybridized carbons (Fsp3) is 0.500. The monoisotopic (exact) mass is 294 g/mol. The molecule has 0 saturated heterocycles. The first-order valence-corrected chi connectivity index (χ1v) is 7.09. The largest absolute Gasteiger partial charge is 0.494 e. The number of amides is 1. The van der Waals surface area contributed by atoms with E-state index in [9.17, 15) is 9.90 Å². The van der Waals surface area contributed by atoms with Gasteiger partial charge >= 0.3 is 7.05 Å². The summed E-state index contributed by atoms with van der Waals surface area (Å²) in [4.78, 5) is 10.6. The van der Waals surface area contributed by atoms with Gasteiger partial charge in [0.25, 0.3) is 0 Å². The van der Waals surface area contributed by atoms with Crippen molar-refractivity contribution in [2.24, 2.45) is 5.73 Å². The van der Waals surface area contributed by atoms with Crippen LogP contribution >= 0.6 is 0 Å². The van der Waals surface area contributed by atoms with E-state index in [1.165, 1.54) is 0 Å². The number of ether oxygens (including phenoxy) is 1. The first-order chi connectivity index (χ1) is 9.99. The molecule has 21 heavy (non-hydrogen) atoms. The van der Waals surface area contributed by atoms with Crippen LogP contribution in [-0.4, -0.2) is 36.2 Å². The van der Waals surface area contributed by atoms with Crippen LogP contribution in [0.25, 0.3) is 0 Å². The second-order valence-corrected chi connectivity index (χ2v) is 4.93. The van der Waals surface area contributed by atoms with Crippen LogP contribution in [0.4, 0.5) is 0 Å². The quantitative estimate of drug-likeness (QED) is 0.370. The third-order valence-electron chi connectivity index (χ3n) is 2.94. The molecule has 5 N–H and O–H groups in total. The van der Waals surface area contributed by atoms with Gasteiger partial charge < -0.3 is 25.8 Å². The number of aliphatic hydroxyl groups is 1. The first kappa shape index (κ1) is 17.5. The maximum Gasteiger partial charge on any atom is 0.373 e. The molecule has 1 rings (SSSR count). The third-order valence-corrected chi connectivity index (χ3v) is 2.94. The predicted molar refractivity (Wildman–Crippen MR) is 81.8 cm³/mol. The summed E-state index contributed by atoms with van der Waals surface area (Å²) >= 11 is 0. The van der Waals surface area contributed by atoms with E-state index in [0.29, 0.717) is 38.2 Å². The minimum Gasteiger partial charge on any atom is -0.494 e. The van der Waals surface area contributed by atoms with Crippen molar-refractivity contribution in [1.29, 1.82) is 0 Å². The molecule has 0 fully saturated rings. The van der Waals surface area contributed by atoms with Crippen LogP contribution in [0.15, 0.2) is 24.3 Å². The van der Waals surface area contributed by atoms with E-state index in [0.717, 1.165) is 5.56 Å². The molecule has 1 aromatic carbocycles. The van der Waals surface area contributed by atoms with Gasteiger partial charge in [0.1, 0.15) is 5.75 Å². The van der Waals surface area contributed by atoms with Crippen molar-refractivity contribution in [2.45, 2.75) is 32.2 Å². The van der Waals surface area contributed by atoms with Gasteiger partial charge in [0, 0.05) is 6.42 Å². The highest BCUT2D eigenvalue weighted by atomic mass is 16.5. The van der Waals surface area contributed by atoms with Gasteiger partial charge in [0.05, 0.1) is 12.7 Å². The van der Waals surface area contributed by atoms with E-state index < -0.39 is 13.2 Å². The lowest BCUT2D eigenvalue weighted by Gasteiger charge is -2.13. The molecule has 0 aliphatic rings. The predicted octanol–water partition coefficient (Wildman–Crippen LogP) is 0.454. The summed E-state index contributed by atoms with van der Waals surface area (Å²) in [5, 5.41) is 22.0. The molecule has 116 valence electrons. The van der Waals surface area contributed by atoms with Crippen LogP contribution in [0.3, 0.4) is 0 Å². The average molecular weight is 294 g/mol. The molecule has 0 aliphatic heterocycles. The molecule has 0 spiro atoms. The van der Waals surface area contributed by atoms with Crippen LogP contribution in [0.5, 0.6) is 5.75 Å². The number of hydrogen-bond acceptors (Lipinski definition) is 5. The molecule has 6 nitrogen and oxygen atoms in total. The van der Waals surface area contributed by atoms with E-state index in [-0.39, 0.29) is 5.91 Å². The van der Waals surface area contributed by atoms with E-state index in [2.05, 4.69) is 5.23 Å². The second-order valence-electron chi connectivity index (χ2n) is 4.93. The van der Waals surface area contributed by atoms with E-state index in [1.54, 1.807) is 19.0 Å². The SMILES string of the molecule is CB(O)NCCC(O)c1cccc(OCCCC(N)=O)c1. The molecule has 1 aromatic rings. The van der Waals surface area contributed by atoms with Crippen LogP contribution in [-0.2, 0) is 4.79 Å². The normalized spacial score (nSPS) is 12.0. The minimum atomic E-state index is -0.620. The van der Waals surface area contributed by atoms with Crippen LogP contribution in [0.2, 0.25) is 6.82 Å². The van der Waals surface area contributed by atoms with Crippen LogP contribution < -0.4 is 15.7 Å². The molecule has 0 bridgehead atoms. The fourth-order valence-corrected chi connectivity index (χ4v) is 1.84. The summed E-state index contributed by atoms with van der Waals surface area (Å²) in [6, 6.07) is 7.21. The van der Waals surface area contributed by atoms with Crippen molar-refractivity contribution in [2.75, 3.05) is 13.2 Å². The second kappa shape index (κ2) is 9.39. The number of hydrogen-bond donors (Lipinski definition) is 4. The highest BCUT2D eigenvalue weighted by molar-refractivity contribution is 6.45. The van der Waals surface area contributed by atoms with Gasteiger partial charge in [0.15, 0.2) is 0 Å². The van der Waals surface area contributed by atoms with Crippen molar-refractivity contribution >= 4 is 13.0 Å². The zero-order valence-corrected chi connectivity index (χ0v) is 12.3. The van der Waals surface area contributed by atoms with Crippen LogP contribution in [0, 0.1) is 0 Å². The molecule has 0 aliphatic carbocycles. The molecule has 1 unspecified atom stereocenters. The lowest BCUT2D eigenvalue weighted by atomic mass is 9.88. The summed E-state index contributed by atoms with van der Waals surface area (Å²) in [6.45, 7) is 2.56.